The highest BCUT2D eigenvalue weighted by molar-refractivity contribution is 5.81. The molecule has 3 heterocycles. The van der Waals surface area contributed by atoms with Gasteiger partial charge < -0.3 is 30.2 Å². The molecule has 2 aromatic heterocycles. The standard InChI is InChI=1S/C30H29N5O5/c1-38-22-14-12-21(13-15-22)30(19-8-4-2-5-9-19,20-10-6-3-7-11-20)39-16-23-25(36)26(37)29(40-23)35-18-34-24-27(31)32-17-33-28(24)35/h2-15,17-18,23,25-26,29,36-37H,16H2,1H3,(H2,31,32,33)/t23-,25+,26-,29-/m1/s1. The lowest BCUT2D eigenvalue weighted by Gasteiger charge is -2.37. The predicted molar refractivity (Wildman–Crippen MR) is 147 cm³/mol. The van der Waals surface area contributed by atoms with Crippen LogP contribution in [0.1, 0.15) is 22.9 Å². The Morgan fingerprint density at radius 1 is 0.850 bits per heavy atom. The average molecular weight is 540 g/mol. The van der Waals surface area contributed by atoms with Crippen LogP contribution in [-0.2, 0) is 15.1 Å². The minimum absolute atomic E-state index is 0.0334. The van der Waals surface area contributed by atoms with Gasteiger partial charge in [0.1, 0.15) is 41.5 Å². The van der Waals surface area contributed by atoms with Crippen molar-refractivity contribution in [3.63, 3.8) is 0 Å². The van der Waals surface area contributed by atoms with Crippen molar-refractivity contribution in [1.82, 2.24) is 19.5 Å². The zero-order chi connectivity index (χ0) is 27.7. The lowest BCUT2D eigenvalue weighted by atomic mass is 9.80. The maximum Gasteiger partial charge on any atom is 0.167 e. The van der Waals surface area contributed by atoms with Gasteiger partial charge in [-0.05, 0) is 28.8 Å². The number of hydrogen-bond acceptors (Lipinski definition) is 9. The molecular weight excluding hydrogens is 510 g/mol. The summed E-state index contributed by atoms with van der Waals surface area (Å²) in [5, 5.41) is 22.1. The zero-order valence-electron chi connectivity index (χ0n) is 21.7. The van der Waals surface area contributed by atoms with Crippen LogP contribution in [-0.4, -0.2) is 61.8 Å². The molecule has 4 atom stereocenters. The Hall–Kier alpha value is -4.35. The van der Waals surface area contributed by atoms with Crippen LogP contribution in [0.25, 0.3) is 11.2 Å². The molecule has 1 aliphatic heterocycles. The molecule has 204 valence electrons. The minimum atomic E-state index is -1.26. The van der Waals surface area contributed by atoms with Crippen molar-refractivity contribution in [2.24, 2.45) is 0 Å². The van der Waals surface area contributed by atoms with Crippen LogP contribution in [0.2, 0.25) is 0 Å². The molecule has 0 amide bonds. The quantitative estimate of drug-likeness (QED) is 0.254. The van der Waals surface area contributed by atoms with Crippen LogP contribution in [0.15, 0.2) is 97.6 Å². The summed E-state index contributed by atoms with van der Waals surface area (Å²) in [6.07, 6.45) is -1.52. The SMILES string of the molecule is COc1ccc(C(OC[C@H]2O[C@@H](n3cnc4c(N)ncnc43)[C@H](O)[C@H]2O)(c2ccccc2)c2ccccc2)cc1. The van der Waals surface area contributed by atoms with Crippen molar-refractivity contribution in [3.8, 4) is 5.75 Å². The Kier molecular flexibility index (Phi) is 6.91. The molecule has 10 nitrogen and oxygen atoms in total. The highest BCUT2D eigenvalue weighted by Crippen LogP contribution is 2.42. The van der Waals surface area contributed by atoms with Crippen LogP contribution in [0.5, 0.6) is 5.75 Å². The van der Waals surface area contributed by atoms with E-state index < -0.39 is 30.1 Å². The topological polar surface area (TPSA) is 138 Å². The van der Waals surface area contributed by atoms with Crippen molar-refractivity contribution in [1.29, 1.82) is 0 Å². The molecular formula is C30H29N5O5. The molecule has 0 spiro atoms. The van der Waals surface area contributed by atoms with Crippen LogP contribution in [0.3, 0.4) is 0 Å². The fraction of sp³-hybridized carbons (Fsp3) is 0.233. The normalized spacial score (nSPS) is 21.1. The van der Waals surface area contributed by atoms with Crippen LogP contribution < -0.4 is 10.5 Å². The van der Waals surface area contributed by atoms with Gasteiger partial charge in [0.05, 0.1) is 20.0 Å². The first-order chi connectivity index (χ1) is 19.5. The van der Waals surface area contributed by atoms with Gasteiger partial charge in [0.25, 0.3) is 0 Å². The van der Waals surface area contributed by atoms with Gasteiger partial charge >= 0.3 is 0 Å². The van der Waals surface area contributed by atoms with E-state index in [2.05, 4.69) is 15.0 Å². The van der Waals surface area contributed by atoms with Gasteiger partial charge in [0.2, 0.25) is 0 Å². The number of hydrogen-bond donors (Lipinski definition) is 3. The second kappa shape index (κ2) is 10.7. The maximum atomic E-state index is 11.1. The molecule has 0 saturated carbocycles. The third-order valence-corrected chi connectivity index (χ3v) is 7.32. The third-order valence-electron chi connectivity index (χ3n) is 7.32. The van der Waals surface area contributed by atoms with E-state index in [-0.39, 0.29) is 12.4 Å². The monoisotopic (exact) mass is 539 g/mol. The van der Waals surface area contributed by atoms with Crippen LogP contribution in [0.4, 0.5) is 5.82 Å². The summed E-state index contributed by atoms with van der Waals surface area (Å²) in [6.45, 7) is -0.0334. The molecule has 1 saturated heterocycles. The number of nitrogen functional groups attached to an aromatic ring is 1. The molecule has 0 aliphatic carbocycles. The van der Waals surface area contributed by atoms with E-state index in [1.165, 1.54) is 12.7 Å². The number of aliphatic hydroxyl groups is 2. The summed E-state index contributed by atoms with van der Waals surface area (Å²) in [4.78, 5) is 12.5. The molecule has 6 rings (SSSR count). The molecule has 40 heavy (non-hydrogen) atoms. The molecule has 1 fully saturated rings. The first-order valence-electron chi connectivity index (χ1n) is 12.9. The van der Waals surface area contributed by atoms with E-state index in [9.17, 15) is 10.2 Å². The van der Waals surface area contributed by atoms with Gasteiger partial charge in [-0.1, -0.05) is 72.8 Å². The summed E-state index contributed by atoms with van der Waals surface area (Å²) < 4.78 is 20.0. The number of nitrogens with zero attached hydrogens (tertiary/aromatic N) is 4. The third kappa shape index (κ3) is 4.37. The highest BCUT2D eigenvalue weighted by atomic mass is 16.6. The molecule has 0 bridgehead atoms. The van der Waals surface area contributed by atoms with Crippen molar-refractivity contribution < 1.29 is 24.4 Å². The molecule has 4 N–H and O–H groups in total. The number of imidazole rings is 1. The second-order valence-electron chi connectivity index (χ2n) is 9.58. The molecule has 0 unspecified atom stereocenters. The van der Waals surface area contributed by atoms with Gasteiger partial charge in [0, 0.05) is 0 Å². The molecule has 0 radical (unpaired) electrons. The van der Waals surface area contributed by atoms with Crippen molar-refractivity contribution >= 4 is 17.0 Å². The Morgan fingerprint density at radius 2 is 1.48 bits per heavy atom. The maximum absolute atomic E-state index is 11.1. The number of fused-ring (bicyclic) bond motifs is 1. The van der Waals surface area contributed by atoms with E-state index in [0.29, 0.717) is 11.2 Å². The smallest absolute Gasteiger partial charge is 0.167 e. The number of methoxy groups -OCH3 is 1. The van der Waals surface area contributed by atoms with Crippen LogP contribution in [0, 0.1) is 0 Å². The summed E-state index contributed by atoms with van der Waals surface area (Å²) in [6, 6.07) is 27.4. The summed E-state index contributed by atoms with van der Waals surface area (Å²) in [5.74, 6) is 0.933. The Labute approximate surface area is 230 Å². The molecule has 1 aliphatic rings. The van der Waals surface area contributed by atoms with Gasteiger partial charge in [-0.25, -0.2) is 15.0 Å². The Balaban J connectivity index is 1.37. The van der Waals surface area contributed by atoms with Gasteiger partial charge in [-0.3, -0.25) is 4.57 Å². The van der Waals surface area contributed by atoms with E-state index in [1.54, 1.807) is 11.7 Å². The molecule has 10 heteroatoms. The van der Waals surface area contributed by atoms with Gasteiger partial charge in [-0.2, -0.15) is 0 Å². The number of anilines is 1. The van der Waals surface area contributed by atoms with E-state index >= 15 is 0 Å². The minimum Gasteiger partial charge on any atom is -0.497 e. The fourth-order valence-electron chi connectivity index (χ4n) is 5.28. The number of ether oxygens (including phenoxy) is 3. The second-order valence-corrected chi connectivity index (χ2v) is 9.58. The highest BCUT2D eigenvalue weighted by Gasteiger charge is 2.46. The Bertz CT molecular complexity index is 1540. The van der Waals surface area contributed by atoms with E-state index in [1.807, 2.05) is 84.9 Å². The first-order valence-corrected chi connectivity index (χ1v) is 12.9. The largest absolute Gasteiger partial charge is 0.497 e. The number of aliphatic hydroxyl groups excluding tert-OH is 2. The average Bonchev–Trinajstić information content (AvgIpc) is 3.56. The zero-order valence-corrected chi connectivity index (χ0v) is 21.7. The van der Waals surface area contributed by atoms with Gasteiger partial charge in [0.15, 0.2) is 17.7 Å². The summed E-state index contributed by atoms with van der Waals surface area (Å²) in [7, 11) is 1.62. The first kappa shape index (κ1) is 25.9. The van der Waals surface area contributed by atoms with Crippen molar-refractivity contribution in [2.75, 3.05) is 19.5 Å². The molecule has 5 aromatic rings. The van der Waals surface area contributed by atoms with Crippen molar-refractivity contribution in [2.45, 2.75) is 30.1 Å². The fourth-order valence-corrected chi connectivity index (χ4v) is 5.28. The van der Waals surface area contributed by atoms with Gasteiger partial charge in [-0.15, -0.1) is 0 Å². The number of nitrogens with two attached hydrogens (primary N) is 1. The Morgan fingerprint density at radius 3 is 2.10 bits per heavy atom. The number of benzene rings is 3. The number of rotatable bonds is 8. The van der Waals surface area contributed by atoms with Crippen LogP contribution >= 0.6 is 0 Å². The number of aromatic nitrogens is 4. The lowest BCUT2D eigenvalue weighted by Crippen LogP contribution is -2.39. The predicted octanol–water partition coefficient (Wildman–Crippen LogP) is 3.05. The summed E-state index contributed by atoms with van der Waals surface area (Å²) in [5.41, 5.74) is 8.31. The van der Waals surface area contributed by atoms with E-state index in [0.717, 1.165) is 22.4 Å². The van der Waals surface area contributed by atoms with Crippen molar-refractivity contribution in [3.05, 3.63) is 114 Å². The summed E-state index contributed by atoms with van der Waals surface area (Å²) >= 11 is 0. The van der Waals surface area contributed by atoms with E-state index in [4.69, 9.17) is 19.9 Å². The lowest BCUT2D eigenvalue weighted by molar-refractivity contribution is -0.0942. The molecule has 3 aromatic carbocycles.